The molecule has 1 aromatic rings. The maximum absolute atomic E-state index is 5.65. The van der Waals surface area contributed by atoms with E-state index in [1.165, 1.54) is 29.7 Å². The first kappa shape index (κ1) is 15.3. The van der Waals surface area contributed by atoms with Crippen LogP contribution in [0.25, 0.3) is 0 Å². The lowest BCUT2D eigenvalue weighted by molar-refractivity contribution is 0.0846. The zero-order chi connectivity index (χ0) is 14.5. The number of ether oxygens (including phenoxy) is 1. The normalized spacial score (nSPS) is 14.8. The highest BCUT2D eigenvalue weighted by Crippen LogP contribution is 2.24. The van der Waals surface area contributed by atoms with Crippen molar-refractivity contribution in [2.24, 2.45) is 0 Å². The Balaban J connectivity index is 1.96. The molecule has 0 unspecified atom stereocenters. The van der Waals surface area contributed by atoms with Gasteiger partial charge in [0.1, 0.15) is 0 Å². The molecule has 20 heavy (non-hydrogen) atoms. The Hall–Kier alpha value is -1.06. The van der Waals surface area contributed by atoms with Crippen LogP contribution in [0, 0.1) is 6.92 Å². The lowest BCUT2D eigenvalue weighted by Gasteiger charge is -2.23. The summed E-state index contributed by atoms with van der Waals surface area (Å²) in [6, 6.07) is 7.47. The van der Waals surface area contributed by atoms with E-state index in [1.807, 2.05) is 0 Å². The molecule has 0 aromatic heterocycles. The molecule has 112 valence electrons. The van der Waals surface area contributed by atoms with Gasteiger partial charge in [-0.05, 0) is 45.2 Å². The molecule has 1 aliphatic rings. The maximum atomic E-state index is 5.65. The van der Waals surface area contributed by atoms with Gasteiger partial charge in [-0.2, -0.15) is 0 Å². The van der Waals surface area contributed by atoms with Crippen molar-refractivity contribution in [2.45, 2.75) is 52.3 Å². The van der Waals surface area contributed by atoms with Crippen LogP contribution in [0.4, 0.5) is 5.69 Å². The summed E-state index contributed by atoms with van der Waals surface area (Å²) in [6.07, 6.45) is 2.97. The number of aryl methyl sites for hydroxylation is 1. The largest absolute Gasteiger partial charge is 0.377 e. The molecule has 0 bridgehead atoms. The van der Waals surface area contributed by atoms with Gasteiger partial charge < -0.3 is 15.0 Å². The van der Waals surface area contributed by atoms with Gasteiger partial charge in [0.15, 0.2) is 0 Å². The van der Waals surface area contributed by atoms with E-state index in [1.54, 1.807) is 0 Å². The molecule has 0 saturated heterocycles. The molecule has 3 heteroatoms. The highest BCUT2D eigenvalue weighted by molar-refractivity contribution is 5.54. The summed E-state index contributed by atoms with van der Waals surface area (Å²) in [5.74, 6) is 0. The molecule has 0 amide bonds. The van der Waals surface area contributed by atoms with Gasteiger partial charge in [-0.15, -0.1) is 0 Å². The molecule has 0 spiro atoms. The van der Waals surface area contributed by atoms with Crippen molar-refractivity contribution in [3.63, 3.8) is 0 Å². The van der Waals surface area contributed by atoms with E-state index in [9.17, 15) is 0 Å². The Labute approximate surface area is 123 Å². The number of hydrogen-bond acceptors (Lipinski definition) is 3. The summed E-state index contributed by atoms with van der Waals surface area (Å²) >= 11 is 0. The van der Waals surface area contributed by atoms with Gasteiger partial charge in [-0.3, -0.25) is 0 Å². The van der Waals surface area contributed by atoms with Crippen LogP contribution in [-0.2, 0) is 11.3 Å². The fourth-order valence-corrected chi connectivity index (χ4v) is 2.32. The zero-order valence-corrected chi connectivity index (χ0v) is 13.3. The standard InChI is InChI=1S/C17H28N2O/c1-13(2)20-10-9-19(4)17-8-5-14(3)11-15(17)12-18-16-6-7-16/h5,8,11,13,16,18H,6-7,9-10,12H2,1-4H3. The minimum Gasteiger partial charge on any atom is -0.377 e. The summed E-state index contributed by atoms with van der Waals surface area (Å²) in [7, 11) is 2.15. The van der Waals surface area contributed by atoms with E-state index in [4.69, 9.17) is 4.74 Å². The number of nitrogens with zero attached hydrogens (tertiary/aromatic N) is 1. The van der Waals surface area contributed by atoms with E-state index < -0.39 is 0 Å². The number of rotatable bonds is 8. The van der Waals surface area contributed by atoms with Gasteiger partial charge in [0.25, 0.3) is 0 Å². The molecule has 1 saturated carbocycles. The number of likely N-dealkylation sites (N-methyl/N-ethyl adjacent to an activating group) is 1. The number of hydrogen-bond donors (Lipinski definition) is 1. The van der Waals surface area contributed by atoms with Crippen molar-refractivity contribution >= 4 is 5.69 Å². The Morgan fingerprint density at radius 2 is 2.10 bits per heavy atom. The fourth-order valence-electron chi connectivity index (χ4n) is 2.32. The molecular formula is C17H28N2O. The van der Waals surface area contributed by atoms with E-state index in [2.05, 4.69) is 56.2 Å². The Morgan fingerprint density at radius 3 is 2.75 bits per heavy atom. The smallest absolute Gasteiger partial charge is 0.0644 e. The topological polar surface area (TPSA) is 24.5 Å². The van der Waals surface area contributed by atoms with Crippen LogP contribution in [-0.4, -0.2) is 32.3 Å². The minimum absolute atomic E-state index is 0.303. The highest BCUT2D eigenvalue weighted by Gasteiger charge is 2.20. The first-order chi connectivity index (χ1) is 9.56. The second kappa shape index (κ2) is 7.09. The molecule has 1 fully saturated rings. The van der Waals surface area contributed by atoms with Crippen molar-refractivity contribution < 1.29 is 4.74 Å². The average molecular weight is 276 g/mol. The molecule has 1 aliphatic carbocycles. The van der Waals surface area contributed by atoms with Gasteiger partial charge >= 0.3 is 0 Å². The molecule has 3 nitrogen and oxygen atoms in total. The quantitative estimate of drug-likeness (QED) is 0.789. The van der Waals surface area contributed by atoms with Gasteiger partial charge in [0.05, 0.1) is 12.7 Å². The van der Waals surface area contributed by atoms with Crippen molar-refractivity contribution in [3.8, 4) is 0 Å². The number of nitrogens with one attached hydrogen (secondary N) is 1. The summed E-state index contributed by atoms with van der Waals surface area (Å²) < 4.78 is 5.65. The van der Waals surface area contributed by atoms with Crippen molar-refractivity contribution in [1.29, 1.82) is 0 Å². The van der Waals surface area contributed by atoms with E-state index in [0.29, 0.717) is 6.10 Å². The number of benzene rings is 1. The summed E-state index contributed by atoms with van der Waals surface area (Å²) in [4.78, 5) is 2.30. The SMILES string of the molecule is Cc1ccc(N(C)CCOC(C)C)c(CNC2CC2)c1. The molecule has 0 radical (unpaired) electrons. The third kappa shape index (κ3) is 4.80. The monoisotopic (exact) mass is 276 g/mol. The van der Waals surface area contributed by atoms with Crippen LogP contribution in [0.5, 0.6) is 0 Å². The van der Waals surface area contributed by atoms with Crippen molar-refractivity contribution in [3.05, 3.63) is 29.3 Å². The van der Waals surface area contributed by atoms with Crippen LogP contribution < -0.4 is 10.2 Å². The minimum atomic E-state index is 0.303. The van der Waals surface area contributed by atoms with Crippen LogP contribution in [0.3, 0.4) is 0 Å². The van der Waals surface area contributed by atoms with E-state index >= 15 is 0 Å². The zero-order valence-electron chi connectivity index (χ0n) is 13.3. The van der Waals surface area contributed by atoms with Gasteiger partial charge in [0.2, 0.25) is 0 Å². The Kier molecular flexibility index (Phi) is 5.44. The van der Waals surface area contributed by atoms with Crippen molar-refractivity contribution in [1.82, 2.24) is 5.32 Å². The Morgan fingerprint density at radius 1 is 1.35 bits per heavy atom. The third-order valence-electron chi connectivity index (χ3n) is 3.68. The molecule has 1 aromatic carbocycles. The molecule has 0 atom stereocenters. The van der Waals surface area contributed by atoms with E-state index in [0.717, 1.165) is 25.7 Å². The van der Waals surface area contributed by atoms with Gasteiger partial charge in [-0.25, -0.2) is 0 Å². The second-order valence-electron chi connectivity index (χ2n) is 6.13. The Bertz CT molecular complexity index is 427. The lowest BCUT2D eigenvalue weighted by atomic mass is 10.1. The van der Waals surface area contributed by atoms with Gasteiger partial charge in [-0.1, -0.05) is 17.7 Å². The van der Waals surface area contributed by atoms with Crippen LogP contribution in [0.2, 0.25) is 0 Å². The predicted octanol–water partition coefficient (Wildman–Crippen LogP) is 3.11. The van der Waals surface area contributed by atoms with Gasteiger partial charge in [0, 0.05) is 31.9 Å². The van der Waals surface area contributed by atoms with E-state index in [-0.39, 0.29) is 0 Å². The first-order valence-electron chi connectivity index (χ1n) is 7.72. The fraction of sp³-hybridized carbons (Fsp3) is 0.647. The maximum Gasteiger partial charge on any atom is 0.0644 e. The molecular weight excluding hydrogens is 248 g/mol. The third-order valence-corrected chi connectivity index (χ3v) is 3.68. The molecule has 0 aliphatic heterocycles. The van der Waals surface area contributed by atoms with Crippen LogP contribution in [0.15, 0.2) is 18.2 Å². The first-order valence-corrected chi connectivity index (χ1v) is 7.72. The van der Waals surface area contributed by atoms with Crippen LogP contribution >= 0.6 is 0 Å². The summed E-state index contributed by atoms with van der Waals surface area (Å²) in [5, 5.41) is 3.61. The number of anilines is 1. The molecule has 2 rings (SSSR count). The second-order valence-corrected chi connectivity index (χ2v) is 6.13. The average Bonchev–Trinajstić information content (AvgIpc) is 3.19. The summed E-state index contributed by atoms with van der Waals surface area (Å²) in [6.45, 7) is 8.99. The van der Waals surface area contributed by atoms with Crippen LogP contribution in [0.1, 0.15) is 37.8 Å². The lowest BCUT2D eigenvalue weighted by Crippen LogP contribution is -2.26. The predicted molar refractivity (Wildman–Crippen MR) is 85.4 cm³/mol. The van der Waals surface area contributed by atoms with Crippen molar-refractivity contribution in [2.75, 3.05) is 25.1 Å². The highest BCUT2D eigenvalue weighted by atomic mass is 16.5. The molecule has 0 heterocycles. The molecule has 1 N–H and O–H groups in total. The summed E-state index contributed by atoms with van der Waals surface area (Å²) in [5.41, 5.74) is 4.04.